The second kappa shape index (κ2) is 4.81. The molecule has 1 saturated heterocycles. The fourth-order valence-corrected chi connectivity index (χ4v) is 1.32. The Morgan fingerprint density at radius 1 is 1.60 bits per heavy atom. The number of carbonyl (C=O) groups excluding carboxylic acids is 1. The van der Waals surface area contributed by atoms with Gasteiger partial charge in [0.05, 0.1) is 12.7 Å². The zero-order valence-corrected chi connectivity index (χ0v) is 9.70. The maximum absolute atomic E-state index is 11.1. The highest BCUT2D eigenvalue weighted by atomic mass is 16.7. The van der Waals surface area contributed by atoms with E-state index in [2.05, 4.69) is 5.32 Å². The highest BCUT2D eigenvalue weighted by molar-refractivity contribution is 5.67. The van der Waals surface area contributed by atoms with Crippen molar-refractivity contribution in [2.24, 2.45) is 0 Å². The quantitative estimate of drug-likeness (QED) is 0.773. The van der Waals surface area contributed by atoms with Crippen molar-refractivity contribution in [3.05, 3.63) is 0 Å². The van der Waals surface area contributed by atoms with Crippen molar-refractivity contribution in [2.75, 3.05) is 13.2 Å². The Balaban J connectivity index is 2.18. The van der Waals surface area contributed by atoms with Gasteiger partial charge in [-0.25, -0.2) is 4.79 Å². The van der Waals surface area contributed by atoms with Crippen LogP contribution >= 0.6 is 0 Å². The molecule has 1 fully saturated rings. The molecule has 1 N–H and O–H groups in total. The van der Waals surface area contributed by atoms with Crippen LogP contribution in [0.5, 0.6) is 0 Å². The molecule has 0 bridgehead atoms. The van der Waals surface area contributed by atoms with Crippen LogP contribution < -0.4 is 5.32 Å². The molecule has 1 aliphatic rings. The Bertz CT molecular complexity index is 227. The summed E-state index contributed by atoms with van der Waals surface area (Å²) in [6, 6.07) is 0. The molecule has 1 unspecified atom stereocenters. The number of amides is 1. The standard InChI is InChI=1S/C10H19NO4/c1-7(2)14-9(12)11-5-8-6-13-10(3,4)15-8/h7-8H,5-6H2,1-4H3,(H,11,12). The van der Waals surface area contributed by atoms with Crippen LogP contribution in [0.4, 0.5) is 4.79 Å². The number of ether oxygens (including phenoxy) is 3. The van der Waals surface area contributed by atoms with Crippen molar-refractivity contribution in [1.29, 1.82) is 0 Å². The molecule has 0 spiro atoms. The summed E-state index contributed by atoms with van der Waals surface area (Å²) in [5, 5.41) is 2.63. The molecule has 0 aromatic heterocycles. The predicted molar refractivity (Wildman–Crippen MR) is 54.5 cm³/mol. The van der Waals surface area contributed by atoms with E-state index in [9.17, 15) is 4.79 Å². The first kappa shape index (κ1) is 12.3. The number of nitrogens with one attached hydrogen (secondary N) is 1. The van der Waals surface area contributed by atoms with Gasteiger partial charge in [-0.2, -0.15) is 0 Å². The van der Waals surface area contributed by atoms with Crippen molar-refractivity contribution < 1.29 is 19.0 Å². The molecule has 0 aromatic carbocycles. The third kappa shape index (κ3) is 4.48. The average molecular weight is 217 g/mol. The van der Waals surface area contributed by atoms with Crippen molar-refractivity contribution in [3.63, 3.8) is 0 Å². The molecule has 15 heavy (non-hydrogen) atoms. The van der Waals surface area contributed by atoms with Crippen LogP contribution in [0.2, 0.25) is 0 Å². The molecule has 0 aliphatic carbocycles. The zero-order valence-electron chi connectivity index (χ0n) is 9.70. The Labute approximate surface area is 90.1 Å². The number of carbonyl (C=O) groups is 1. The van der Waals surface area contributed by atoms with Crippen LogP contribution in [0.25, 0.3) is 0 Å². The van der Waals surface area contributed by atoms with Gasteiger partial charge in [0.15, 0.2) is 5.79 Å². The van der Waals surface area contributed by atoms with Crippen molar-refractivity contribution in [3.8, 4) is 0 Å². The summed E-state index contributed by atoms with van der Waals surface area (Å²) in [4.78, 5) is 11.1. The van der Waals surface area contributed by atoms with Crippen molar-refractivity contribution in [1.82, 2.24) is 5.32 Å². The summed E-state index contributed by atoms with van der Waals surface area (Å²) in [6.45, 7) is 8.21. The van der Waals surface area contributed by atoms with Crippen LogP contribution in [-0.2, 0) is 14.2 Å². The first-order chi connectivity index (χ1) is 6.89. The Hall–Kier alpha value is -0.810. The topological polar surface area (TPSA) is 56.8 Å². The van der Waals surface area contributed by atoms with E-state index in [1.165, 1.54) is 0 Å². The largest absolute Gasteiger partial charge is 0.447 e. The predicted octanol–water partition coefficient (Wildman–Crippen LogP) is 1.27. The summed E-state index contributed by atoms with van der Waals surface area (Å²) >= 11 is 0. The molecular formula is C10H19NO4. The summed E-state index contributed by atoms with van der Waals surface area (Å²) in [5.74, 6) is -0.547. The van der Waals surface area contributed by atoms with E-state index in [-0.39, 0.29) is 12.2 Å². The molecular weight excluding hydrogens is 198 g/mol. The third-order valence-corrected chi connectivity index (χ3v) is 1.88. The van der Waals surface area contributed by atoms with Gasteiger partial charge < -0.3 is 19.5 Å². The smallest absolute Gasteiger partial charge is 0.407 e. The van der Waals surface area contributed by atoms with Gasteiger partial charge in [0.2, 0.25) is 0 Å². The highest BCUT2D eigenvalue weighted by Crippen LogP contribution is 2.21. The minimum Gasteiger partial charge on any atom is -0.447 e. The van der Waals surface area contributed by atoms with Crippen LogP contribution in [0.15, 0.2) is 0 Å². The zero-order chi connectivity index (χ0) is 11.5. The highest BCUT2D eigenvalue weighted by Gasteiger charge is 2.32. The molecule has 1 atom stereocenters. The van der Waals surface area contributed by atoms with Gasteiger partial charge in [-0.1, -0.05) is 0 Å². The normalized spacial score (nSPS) is 24.2. The summed E-state index contributed by atoms with van der Waals surface area (Å²) < 4.78 is 15.8. The molecule has 88 valence electrons. The maximum Gasteiger partial charge on any atom is 0.407 e. The first-order valence-electron chi connectivity index (χ1n) is 5.15. The lowest BCUT2D eigenvalue weighted by Gasteiger charge is -2.17. The van der Waals surface area contributed by atoms with Crippen LogP contribution in [0.3, 0.4) is 0 Å². The fourth-order valence-electron chi connectivity index (χ4n) is 1.32. The maximum atomic E-state index is 11.1. The second-order valence-electron chi connectivity index (χ2n) is 4.29. The van der Waals surface area contributed by atoms with Gasteiger partial charge in [0.25, 0.3) is 0 Å². The molecule has 5 nitrogen and oxygen atoms in total. The number of rotatable bonds is 3. The lowest BCUT2D eigenvalue weighted by Crippen LogP contribution is -2.35. The minimum absolute atomic E-state index is 0.0975. The van der Waals surface area contributed by atoms with E-state index in [0.29, 0.717) is 13.2 Å². The van der Waals surface area contributed by atoms with Gasteiger partial charge in [-0.15, -0.1) is 0 Å². The molecule has 1 amide bonds. The van der Waals surface area contributed by atoms with Crippen LogP contribution in [0.1, 0.15) is 27.7 Å². The molecule has 0 saturated carbocycles. The molecule has 0 aromatic rings. The SMILES string of the molecule is CC(C)OC(=O)NCC1COC(C)(C)O1. The third-order valence-electron chi connectivity index (χ3n) is 1.88. The fraction of sp³-hybridized carbons (Fsp3) is 0.900. The van der Waals surface area contributed by atoms with Gasteiger partial charge in [-0.05, 0) is 27.7 Å². The summed E-state index contributed by atoms with van der Waals surface area (Å²) in [5.41, 5.74) is 0. The van der Waals surface area contributed by atoms with E-state index >= 15 is 0 Å². The number of hydrogen-bond acceptors (Lipinski definition) is 4. The lowest BCUT2D eigenvalue weighted by molar-refractivity contribution is -0.137. The van der Waals surface area contributed by atoms with Gasteiger partial charge in [-0.3, -0.25) is 0 Å². The van der Waals surface area contributed by atoms with Crippen molar-refractivity contribution in [2.45, 2.75) is 45.7 Å². The van der Waals surface area contributed by atoms with Crippen LogP contribution in [0, 0.1) is 0 Å². The van der Waals surface area contributed by atoms with Gasteiger partial charge in [0, 0.05) is 6.54 Å². The van der Waals surface area contributed by atoms with Gasteiger partial charge >= 0.3 is 6.09 Å². The van der Waals surface area contributed by atoms with E-state index in [0.717, 1.165) is 0 Å². The second-order valence-corrected chi connectivity index (χ2v) is 4.29. The molecule has 0 radical (unpaired) electrons. The lowest BCUT2D eigenvalue weighted by atomic mass is 10.4. The van der Waals surface area contributed by atoms with Crippen molar-refractivity contribution >= 4 is 6.09 Å². The van der Waals surface area contributed by atoms with E-state index in [4.69, 9.17) is 14.2 Å². The first-order valence-corrected chi connectivity index (χ1v) is 5.15. The number of hydrogen-bond donors (Lipinski definition) is 1. The molecule has 1 heterocycles. The average Bonchev–Trinajstić information content (AvgIpc) is 2.41. The summed E-state index contributed by atoms with van der Waals surface area (Å²) in [7, 11) is 0. The van der Waals surface area contributed by atoms with E-state index < -0.39 is 11.9 Å². The molecule has 1 rings (SSSR count). The Morgan fingerprint density at radius 2 is 2.27 bits per heavy atom. The molecule has 1 aliphatic heterocycles. The molecule has 5 heteroatoms. The number of alkyl carbamates (subject to hydrolysis) is 1. The van der Waals surface area contributed by atoms with E-state index in [1.807, 2.05) is 13.8 Å². The summed E-state index contributed by atoms with van der Waals surface area (Å²) in [6.07, 6.45) is -0.625. The Kier molecular flexibility index (Phi) is 3.93. The van der Waals surface area contributed by atoms with Gasteiger partial charge in [0.1, 0.15) is 6.10 Å². The Morgan fingerprint density at radius 3 is 2.73 bits per heavy atom. The minimum atomic E-state index is -0.547. The van der Waals surface area contributed by atoms with Crippen LogP contribution in [-0.4, -0.2) is 37.2 Å². The van der Waals surface area contributed by atoms with E-state index in [1.54, 1.807) is 13.8 Å². The monoisotopic (exact) mass is 217 g/mol.